The van der Waals surface area contributed by atoms with Crippen molar-refractivity contribution in [3.8, 4) is 78.6 Å². The topological polar surface area (TPSA) is 21.7 Å². The van der Waals surface area contributed by atoms with Crippen molar-refractivity contribution in [3.05, 3.63) is 259 Å². The van der Waals surface area contributed by atoms with Crippen molar-refractivity contribution >= 4 is 17.1 Å². The average molecular weight is 818 g/mol. The standard InChI is InChI=1S/C61H39NO2/c1-3-17-40(18-4-1)43-21-15-22-45(37-43)62(44-35-33-42(34-36-44)47-24-8-7-23-46(47)41-19-5-2-6-20-41)56-31-16-32-57-60(56)64-59-39-55-51(38-58(59)63-57)50-27-11-14-30-54(50)61(55)52-28-12-9-25-48(52)49-26-10-13-29-53(49)61/h1-39H. The Balaban J connectivity index is 0.965. The first kappa shape index (κ1) is 36.3. The molecule has 10 aromatic rings. The van der Waals surface area contributed by atoms with Gasteiger partial charge in [0.1, 0.15) is 0 Å². The first-order valence-corrected chi connectivity index (χ1v) is 21.9. The fourth-order valence-electron chi connectivity index (χ4n) is 10.6. The molecule has 13 rings (SSSR count). The summed E-state index contributed by atoms with van der Waals surface area (Å²) in [6, 6.07) is 84.7. The molecule has 300 valence electrons. The summed E-state index contributed by atoms with van der Waals surface area (Å²) in [6.07, 6.45) is 0. The highest BCUT2D eigenvalue weighted by Crippen LogP contribution is 2.65. The third-order valence-corrected chi connectivity index (χ3v) is 13.4. The number of nitrogens with zero attached hydrogens (tertiary/aromatic N) is 1. The van der Waals surface area contributed by atoms with Crippen LogP contribution in [0.5, 0.6) is 23.0 Å². The molecule has 0 amide bonds. The van der Waals surface area contributed by atoms with E-state index in [0.717, 1.165) is 39.3 Å². The SMILES string of the molecule is c1ccc(-c2cccc(N(c3ccc(-c4ccccc4-c4ccccc4)cc3)c3cccc4c3Oc3cc5c(cc3O4)-c3ccccc3C53c4ccccc4-c4ccccc43)c2)cc1. The van der Waals surface area contributed by atoms with Gasteiger partial charge in [0.15, 0.2) is 23.0 Å². The molecule has 0 unspecified atom stereocenters. The van der Waals surface area contributed by atoms with E-state index in [2.05, 4.69) is 235 Å². The Morgan fingerprint density at radius 1 is 0.281 bits per heavy atom. The first-order valence-electron chi connectivity index (χ1n) is 21.9. The zero-order valence-corrected chi connectivity index (χ0v) is 34.8. The van der Waals surface area contributed by atoms with Gasteiger partial charge in [-0.2, -0.15) is 0 Å². The maximum absolute atomic E-state index is 7.24. The van der Waals surface area contributed by atoms with Crippen LogP contribution in [0.3, 0.4) is 0 Å². The van der Waals surface area contributed by atoms with Crippen molar-refractivity contribution in [2.75, 3.05) is 4.90 Å². The van der Waals surface area contributed by atoms with Crippen molar-refractivity contribution in [2.45, 2.75) is 5.41 Å². The fraction of sp³-hybridized carbons (Fsp3) is 0.0164. The lowest BCUT2D eigenvalue weighted by molar-refractivity contribution is 0.360. The third-order valence-electron chi connectivity index (χ3n) is 13.4. The minimum Gasteiger partial charge on any atom is -0.449 e. The second kappa shape index (κ2) is 14.3. The Morgan fingerprint density at radius 3 is 1.42 bits per heavy atom. The largest absolute Gasteiger partial charge is 0.449 e. The van der Waals surface area contributed by atoms with Crippen LogP contribution in [-0.2, 0) is 5.41 Å². The molecule has 0 saturated carbocycles. The van der Waals surface area contributed by atoms with Crippen LogP contribution in [0.4, 0.5) is 17.1 Å². The van der Waals surface area contributed by atoms with E-state index in [1.807, 2.05) is 6.07 Å². The predicted molar refractivity (Wildman–Crippen MR) is 260 cm³/mol. The van der Waals surface area contributed by atoms with E-state index in [1.54, 1.807) is 0 Å². The molecule has 0 aromatic heterocycles. The number of hydrogen-bond acceptors (Lipinski definition) is 3. The quantitative estimate of drug-likeness (QED) is 0.167. The Hall–Kier alpha value is -8.40. The van der Waals surface area contributed by atoms with Crippen LogP contribution >= 0.6 is 0 Å². The highest BCUT2D eigenvalue weighted by atomic mass is 16.6. The van der Waals surface area contributed by atoms with Crippen LogP contribution in [0.1, 0.15) is 22.3 Å². The van der Waals surface area contributed by atoms with Gasteiger partial charge in [0, 0.05) is 11.4 Å². The van der Waals surface area contributed by atoms with E-state index in [-0.39, 0.29) is 0 Å². The monoisotopic (exact) mass is 817 g/mol. The lowest BCUT2D eigenvalue weighted by atomic mass is 9.70. The first-order chi connectivity index (χ1) is 31.7. The fourth-order valence-corrected chi connectivity index (χ4v) is 10.6. The molecule has 0 atom stereocenters. The summed E-state index contributed by atoms with van der Waals surface area (Å²) in [5.41, 5.74) is 19.4. The smallest absolute Gasteiger partial charge is 0.194 e. The van der Waals surface area contributed by atoms with Crippen molar-refractivity contribution in [3.63, 3.8) is 0 Å². The van der Waals surface area contributed by atoms with E-state index < -0.39 is 5.41 Å². The van der Waals surface area contributed by atoms with Gasteiger partial charge in [-0.05, 0) is 126 Å². The summed E-state index contributed by atoms with van der Waals surface area (Å²) in [5.74, 6) is 2.72. The molecular weight excluding hydrogens is 779 g/mol. The second-order valence-electron chi connectivity index (χ2n) is 16.8. The predicted octanol–water partition coefficient (Wildman–Crippen LogP) is 16.4. The van der Waals surface area contributed by atoms with Gasteiger partial charge < -0.3 is 14.4 Å². The summed E-state index contributed by atoms with van der Waals surface area (Å²) in [7, 11) is 0. The molecule has 0 saturated heterocycles. The van der Waals surface area contributed by atoms with Crippen LogP contribution < -0.4 is 14.4 Å². The van der Waals surface area contributed by atoms with Gasteiger partial charge >= 0.3 is 0 Å². The minimum atomic E-state index is -0.498. The number of anilines is 3. The van der Waals surface area contributed by atoms with Crippen LogP contribution in [0.15, 0.2) is 237 Å². The Morgan fingerprint density at radius 2 is 0.781 bits per heavy atom. The van der Waals surface area contributed by atoms with E-state index in [1.165, 1.54) is 55.6 Å². The number of hydrogen-bond donors (Lipinski definition) is 0. The third kappa shape index (κ3) is 5.41. The summed E-state index contributed by atoms with van der Waals surface area (Å²) in [4.78, 5) is 2.29. The molecule has 0 N–H and O–H groups in total. The number of benzene rings is 10. The number of ether oxygens (including phenoxy) is 2. The molecule has 0 radical (unpaired) electrons. The molecule has 1 spiro atoms. The average Bonchev–Trinajstić information content (AvgIpc) is 3.83. The summed E-state index contributed by atoms with van der Waals surface area (Å²) in [6.45, 7) is 0. The van der Waals surface area contributed by atoms with Crippen molar-refractivity contribution < 1.29 is 9.47 Å². The van der Waals surface area contributed by atoms with Crippen molar-refractivity contribution in [1.82, 2.24) is 0 Å². The molecule has 0 fully saturated rings. The molecular formula is C61H39NO2. The normalized spacial score (nSPS) is 13.1. The van der Waals surface area contributed by atoms with Crippen LogP contribution in [0, 0.1) is 0 Å². The number of rotatable bonds is 6. The summed E-state index contributed by atoms with van der Waals surface area (Å²) >= 11 is 0. The van der Waals surface area contributed by atoms with Gasteiger partial charge in [-0.25, -0.2) is 0 Å². The van der Waals surface area contributed by atoms with Crippen LogP contribution in [0.25, 0.3) is 55.6 Å². The van der Waals surface area contributed by atoms with Crippen LogP contribution in [-0.4, -0.2) is 0 Å². The zero-order valence-electron chi connectivity index (χ0n) is 34.8. The summed E-state index contributed by atoms with van der Waals surface area (Å²) in [5, 5.41) is 0. The van der Waals surface area contributed by atoms with Crippen LogP contribution in [0.2, 0.25) is 0 Å². The molecule has 1 aliphatic heterocycles. The highest BCUT2D eigenvalue weighted by molar-refractivity contribution is 5.96. The minimum absolute atomic E-state index is 0.498. The lowest BCUT2D eigenvalue weighted by Crippen LogP contribution is -2.25. The molecule has 0 bridgehead atoms. The molecule has 3 aliphatic rings. The maximum atomic E-state index is 7.24. The van der Waals surface area contributed by atoms with Crippen molar-refractivity contribution in [2.24, 2.45) is 0 Å². The van der Waals surface area contributed by atoms with Gasteiger partial charge in [-0.1, -0.05) is 188 Å². The maximum Gasteiger partial charge on any atom is 0.194 e. The molecule has 3 nitrogen and oxygen atoms in total. The Kier molecular flexibility index (Phi) is 8.13. The molecule has 2 aliphatic carbocycles. The molecule has 64 heavy (non-hydrogen) atoms. The van der Waals surface area contributed by atoms with Gasteiger partial charge in [0.2, 0.25) is 0 Å². The summed E-state index contributed by atoms with van der Waals surface area (Å²) < 4.78 is 14.2. The van der Waals surface area contributed by atoms with Gasteiger partial charge in [-0.3, -0.25) is 0 Å². The Bertz CT molecular complexity index is 3400. The highest BCUT2D eigenvalue weighted by Gasteiger charge is 2.52. The van der Waals surface area contributed by atoms with E-state index in [4.69, 9.17) is 9.47 Å². The molecule has 10 aromatic carbocycles. The molecule has 1 heterocycles. The zero-order chi connectivity index (χ0) is 42.2. The van der Waals surface area contributed by atoms with Gasteiger partial charge in [0.25, 0.3) is 0 Å². The van der Waals surface area contributed by atoms with E-state index in [9.17, 15) is 0 Å². The van der Waals surface area contributed by atoms with E-state index in [0.29, 0.717) is 23.0 Å². The number of para-hydroxylation sites is 1. The lowest BCUT2D eigenvalue weighted by Gasteiger charge is -2.32. The number of fused-ring (bicyclic) bond motifs is 12. The van der Waals surface area contributed by atoms with Gasteiger partial charge in [0.05, 0.1) is 11.1 Å². The Labute approximate surface area is 372 Å². The second-order valence-corrected chi connectivity index (χ2v) is 16.8. The molecule has 3 heteroatoms. The van der Waals surface area contributed by atoms with Crippen molar-refractivity contribution in [1.29, 1.82) is 0 Å². The van der Waals surface area contributed by atoms with Gasteiger partial charge in [-0.15, -0.1) is 0 Å². The van der Waals surface area contributed by atoms with E-state index >= 15 is 0 Å².